The molecule has 0 aliphatic rings. The Labute approximate surface area is 97.1 Å². The first-order valence-electron chi connectivity index (χ1n) is 5.20. The van der Waals surface area contributed by atoms with Gasteiger partial charge in [-0.3, -0.25) is 0 Å². The van der Waals surface area contributed by atoms with Crippen molar-refractivity contribution < 1.29 is 0 Å². The third-order valence-corrected chi connectivity index (χ3v) is 2.49. The zero-order valence-electron chi connectivity index (χ0n) is 9.28. The predicted molar refractivity (Wildman–Crippen MR) is 61.3 cm³/mol. The van der Waals surface area contributed by atoms with Crippen molar-refractivity contribution in [1.82, 2.24) is 29.4 Å². The molecule has 0 aromatic carbocycles. The van der Waals surface area contributed by atoms with Crippen molar-refractivity contribution in [2.45, 2.75) is 6.54 Å². The maximum absolute atomic E-state index is 4.40. The van der Waals surface area contributed by atoms with Crippen molar-refractivity contribution >= 4 is 11.5 Å². The molecule has 3 rings (SSSR count). The van der Waals surface area contributed by atoms with Crippen molar-refractivity contribution in [3.8, 4) is 0 Å². The second kappa shape index (κ2) is 3.85. The van der Waals surface area contributed by atoms with E-state index >= 15 is 0 Å². The maximum Gasteiger partial charge on any atom is 0.157 e. The molecule has 0 fully saturated rings. The Morgan fingerprint density at radius 1 is 1.35 bits per heavy atom. The summed E-state index contributed by atoms with van der Waals surface area (Å²) in [6.45, 7) is 0.591. The number of hydrogen-bond donors (Lipinski definition) is 1. The molecule has 0 aliphatic heterocycles. The van der Waals surface area contributed by atoms with E-state index in [1.807, 2.05) is 29.9 Å². The first kappa shape index (κ1) is 9.76. The van der Waals surface area contributed by atoms with Gasteiger partial charge < -0.3 is 9.88 Å². The van der Waals surface area contributed by atoms with Gasteiger partial charge in [-0.05, 0) is 6.07 Å². The summed E-state index contributed by atoms with van der Waals surface area (Å²) in [6.07, 6.45) is 5.25. The fourth-order valence-electron chi connectivity index (χ4n) is 1.55. The summed E-state index contributed by atoms with van der Waals surface area (Å²) in [5, 5.41) is 15.1. The van der Waals surface area contributed by atoms with E-state index in [0.29, 0.717) is 6.54 Å². The molecule has 3 aromatic rings. The lowest BCUT2D eigenvalue weighted by Gasteiger charge is -2.04. The molecule has 0 saturated carbocycles. The smallest absolute Gasteiger partial charge is 0.157 e. The molecule has 7 heteroatoms. The monoisotopic (exact) mass is 229 g/mol. The first-order valence-corrected chi connectivity index (χ1v) is 5.20. The molecule has 0 saturated heterocycles. The number of aryl methyl sites for hydroxylation is 1. The van der Waals surface area contributed by atoms with E-state index in [0.717, 1.165) is 17.3 Å². The molecule has 0 radical (unpaired) electrons. The Balaban J connectivity index is 1.78. The highest BCUT2D eigenvalue weighted by Crippen LogP contribution is 2.06. The Hall–Kier alpha value is -2.44. The molecule has 0 spiro atoms. The third-order valence-electron chi connectivity index (χ3n) is 2.49. The van der Waals surface area contributed by atoms with E-state index < -0.39 is 0 Å². The number of rotatable bonds is 3. The van der Waals surface area contributed by atoms with Gasteiger partial charge in [-0.2, -0.15) is 5.10 Å². The van der Waals surface area contributed by atoms with Gasteiger partial charge in [-0.1, -0.05) is 0 Å². The van der Waals surface area contributed by atoms with Crippen LogP contribution in [0.5, 0.6) is 0 Å². The van der Waals surface area contributed by atoms with Crippen LogP contribution in [0.3, 0.4) is 0 Å². The van der Waals surface area contributed by atoms with Crippen molar-refractivity contribution in [3.63, 3.8) is 0 Å². The standard InChI is InChI=1S/C10H11N7/c1-16-7-12-15-10(16)6-11-8-3-5-17-9(14-8)2-4-13-17/h2-5,7H,6H2,1H3,(H,11,14). The predicted octanol–water partition coefficient (Wildman–Crippen LogP) is 0.470. The highest BCUT2D eigenvalue weighted by atomic mass is 15.3. The van der Waals surface area contributed by atoms with E-state index in [2.05, 4.69) is 25.6 Å². The zero-order chi connectivity index (χ0) is 11.7. The van der Waals surface area contributed by atoms with E-state index in [9.17, 15) is 0 Å². The van der Waals surface area contributed by atoms with Gasteiger partial charge in [-0.25, -0.2) is 9.50 Å². The minimum absolute atomic E-state index is 0.591. The molecule has 86 valence electrons. The van der Waals surface area contributed by atoms with Crippen LogP contribution in [0.1, 0.15) is 5.82 Å². The van der Waals surface area contributed by atoms with Gasteiger partial charge in [0.05, 0.1) is 12.7 Å². The van der Waals surface area contributed by atoms with E-state index in [4.69, 9.17) is 0 Å². The lowest BCUT2D eigenvalue weighted by atomic mass is 10.5. The molecule has 17 heavy (non-hydrogen) atoms. The lowest BCUT2D eigenvalue weighted by molar-refractivity contribution is 0.809. The molecule has 0 aliphatic carbocycles. The van der Waals surface area contributed by atoms with Gasteiger partial charge in [0.1, 0.15) is 12.1 Å². The van der Waals surface area contributed by atoms with Gasteiger partial charge in [-0.15, -0.1) is 10.2 Å². The Kier molecular flexibility index (Phi) is 2.21. The Bertz CT molecular complexity index is 639. The van der Waals surface area contributed by atoms with Crippen molar-refractivity contribution in [2.75, 3.05) is 5.32 Å². The van der Waals surface area contributed by atoms with Crippen LogP contribution in [0.25, 0.3) is 5.65 Å². The number of fused-ring (bicyclic) bond motifs is 1. The summed E-state index contributed by atoms with van der Waals surface area (Å²) in [6, 6.07) is 3.73. The SMILES string of the molecule is Cn1cnnc1CNc1ccn2nccc2n1. The second-order valence-corrected chi connectivity index (χ2v) is 3.66. The van der Waals surface area contributed by atoms with E-state index in [1.54, 1.807) is 17.0 Å². The minimum atomic E-state index is 0.591. The molecule has 0 bridgehead atoms. The topological polar surface area (TPSA) is 72.9 Å². The quantitative estimate of drug-likeness (QED) is 0.706. The molecule has 1 N–H and O–H groups in total. The maximum atomic E-state index is 4.40. The van der Waals surface area contributed by atoms with Crippen LogP contribution < -0.4 is 5.32 Å². The highest BCUT2D eigenvalue weighted by Gasteiger charge is 2.02. The van der Waals surface area contributed by atoms with Crippen molar-refractivity contribution in [1.29, 1.82) is 0 Å². The molecule has 3 heterocycles. The molecule has 7 nitrogen and oxygen atoms in total. The number of nitrogens with zero attached hydrogens (tertiary/aromatic N) is 6. The fraction of sp³-hybridized carbons (Fsp3) is 0.200. The normalized spacial score (nSPS) is 10.9. The van der Waals surface area contributed by atoms with Gasteiger partial charge in [0, 0.05) is 19.3 Å². The average Bonchev–Trinajstić information content (AvgIpc) is 2.94. The number of nitrogens with one attached hydrogen (secondary N) is 1. The first-order chi connectivity index (χ1) is 8.33. The van der Waals surface area contributed by atoms with Gasteiger partial charge in [0.15, 0.2) is 11.5 Å². The zero-order valence-corrected chi connectivity index (χ0v) is 9.28. The molecular formula is C10H11N7. The number of aromatic nitrogens is 6. The molecule has 3 aromatic heterocycles. The highest BCUT2D eigenvalue weighted by molar-refractivity contribution is 5.45. The van der Waals surface area contributed by atoms with Crippen LogP contribution >= 0.6 is 0 Å². The summed E-state index contributed by atoms with van der Waals surface area (Å²) in [4.78, 5) is 4.40. The molecular weight excluding hydrogens is 218 g/mol. The Morgan fingerprint density at radius 2 is 2.29 bits per heavy atom. The Morgan fingerprint density at radius 3 is 3.12 bits per heavy atom. The lowest BCUT2D eigenvalue weighted by Crippen LogP contribution is -2.07. The van der Waals surface area contributed by atoms with Crippen LogP contribution in [-0.2, 0) is 13.6 Å². The summed E-state index contributed by atoms with van der Waals surface area (Å²) < 4.78 is 3.58. The fourth-order valence-corrected chi connectivity index (χ4v) is 1.55. The largest absolute Gasteiger partial charge is 0.363 e. The summed E-state index contributed by atoms with van der Waals surface area (Å²) in [5.74, 6) is 1.65. The van der Waals surface area contributed by atoms with Gasteiger partial charge in [0.25, 0.3) is 0 Å². The minimum Gasteiger partial charge on any atom is -0.363 e. The van der Waals surface area contributed by atoms with Crippen LogP contribution in [-0.4, -0.2) is 29.4 Å². The number of anilines is 1. The van der Waals surface area contributed by atoms with Crippen molar-refractivity contribution in [3.05, 3.63) is 36.7 Å². The average molecular weight is 229 g/mol. The van der Waals surface area contributed by atoms with Crippen LogP contribution in [0.4, 0.5) is 5.82 Å². The third kappa shape index (κ3) is 1.82. The summed E-state index contributed by atoms with van der Waals surface area (Å²) in [5.41, 5.74) is 0.813. The van der Waals surface area contributed by atoms with Crippen LogP contribution in [0, 0.1) is 0 Å². The summed E-state index contributed by atoms with van der Waals surface area (Å²) in [7, 11) is 1.91. The van der Waals surface area contributed by atoms with E-state index in [-0.39, 0.29) is 0 Å². The van der Waals surface area contributed by atoms with Crippen LogP contribution in [0.15, 0.2) is 30.9 Å². The van der Waals surface area contributed by atoms with Crippen LogP contribution in [0.2, 0.25) is 0 Å². The van der Waals surface area contributed by atoms with Gasteiger partial charge >= 0.3 is 0 Å². The molecule has 0 atom stereocenters. The molecule has 0 unspecified atom stereocenters. The van der Waals surface area contributed by atoms with Gasteiger partial charge in [0.2, 0.25) is 0 Å². The second-order valence-electron chi connectivity index (χ2n) is 3.66. The number of hydrogen-bond acceptors (Lipinski definition) is 5. The van der Waals surface area contributed by atoms with E-state index in [1.165, 1.54) is 0 Å². The van der Waals surface area contributed by atoms with Crippen molar-refractivity contribution in [2.24, 2.45) is 7.05 Å². The molecule has 0 amide bonds. The summed E-state index contributed by atoms with van der Waals surface area (Å²) >= 11 is 0.